The van der Waals surface area contributed by atoms with Gasteiger partial charge in [0.1, 0.15) is 6.10 Å². The number of hydrogen-bond donors (Lipinski definition) is 0. The van der Waals surface area contributed by atoms with Crippen LogP contribution in [0.4, 0.5) is 0 Å². The second-order valence-electron chi connectivity index (χ2n) is 3.92. The molecular weight excluding hydrogens is 194 g/mol. The summed E-state index contributed by atoms with van der Waals surface area (Å²) in [6.07, 6.45) is 0.464. The minimum Gasteiger partial charge on any atom is -0.408 e. The van der Waals surface area contributed by atoms with Gasteiger partial charge in [0.15, 0.2) is 5.58 Å². The zero-order valence-corrected chi connectivity index (χ0v) is 8.56. The third-order valence-electron chi connectivity index (χ3n) is 2.86. The van der Waals surface area contributed by atoms with Crippen molar-refractivity contribution >= 4 is 11.1 Å². The maximum Gasteiger partial charge on any atom is 0.419 e. The highest BCUT2D eigenvalue weighted by Gasteiger charge is 2.35. The lowest BCUT2D eigenvalue weighted by Gasteiger charge is -1.96. The van der Waals surface area contributed by atoms with E-state index in [1.54, 1.807) is 7.05 Å². The molecule has 0 radical (unpaired) electrons. The Morgan fingerprint density at radius 2 is 2.13 bits per heavy atom. The van der Waals surface area contributed by atoms with Gasteiger partial charge in [-0.15, -0.1) is 0 Å². The first kappa shape index (κ1) is 8.73. The topological polar surface area (TPSA) is 47.7 Å². The van der Waals surface area contributed by atoms with E-state index in [4.69, 9.17) is 9.15 Å². The highest BCUT2D eigenvalue weighted by atomic mass is 16.6. The van der Waals surface area contributed by atoms with Gasteiger partial charge in [-0.2, -0.15) is 0 Å². The Labute approximate surface area is 86.1 Å². The van der Waals surface area contributed by atoms with Crippen molar-refractivity contribution < 1.29 is 9.15 Å². The summed E-state index contributed by atoms with van der Waals surface area (Å²) >= 11 is 0. The van der Waals surface area contributed by atoms with Crippen LogP contribution < -0.4 is 5.76 Å². The molecule has 1 aliphatic rings. The zero-order chi connectivity index (χ0) is 10.6. The molecular formula is C11H11NO3. The molecule has 2 unspecified atom stereocenters. The normalized spacial score (nSPS) is 24.7. The van der Waals surface area contributed by atoms with Gasteiger partial charge in [0.05, 0.1) is 11.6 Å². The fraction of sp³-hybridized carbons (Fsp3) is 0.364. The average Bonchev–Trinajstić information content (AvgIpc) is 2.88. The van der Waals surface area contributed by atoms with Gasteiger partial charge < -0.3 is 9.15 Å². The van der Waals surface area contributed by atoms with E-state index in [-0.39, 0.29) is 18.0 Å². The smallest absolute Gasteiger partial charge is 0.408 e. The number of fused-ring (bicyclic) bond motifs is 1. The maximum absolute atomic E-state index is 11.3. The Bertz CT molecular complexity index is 581. The van der Waals surface area contributed by atoms with Crippen molar-refractivity contribution in [1.82, 2.24) is 4.57 Å². The fourth-order valence-corrected chi connectivity index (χ4v) is 1.86. The third-order valence-corrected chi connectivity index (χ3v) is 2.86. The molecule has 2 aromatic rings. The Morgan fingerprint density at radius 1 is 1.40 bits per heavy atom. The van der Waals surface area contributed by atoms with Crippen LogP contribution in [0, 0.1) is 0 Å². The largest absolute Gasteiger partial charge is 0.419 e. The van der Waals surface area contributed by atoms with E-state index < -0.39 is 0 Å². The molecule has 0 bridgehead atoms. The molecule has 1 aromatic heterocycles. The van der Waals surface area contributed by atoms with Crippen molar-refractivity contribution in [3.8, 4) is 0 Å². The fourth-order valence-electron chi connectivity index (χ4n) is 1.86. The quantitative estimate of drug-likeness (QED) is 0.664. The summed E-state index contributed by atoms with van der Waals surface area (Å²) in [5.41, 5.74) is 2.55. The molecule has 78 valence electrons. The van der Waals surface area contributed by atoms with E-state index in [2.05, 4.69) is 0 Å². The van der Waals surface area contributed by atoms with E-state index in [0.29, 0.717) is 5.58 Å². The highest BCUT2D eigenvalue weighted by Crippen LogP contribution is 2.38. The Morgan fingerprint density at radius 3 is 2.80 bits per heavy atom. The van der Waals surface area contributed by atoms with Gasteiger partial charge in [-0.05, 0) is 24.6 Å². The van der Waals surface area contributed by atoms with E-state index in [0.717, 1.165) is 11.1 Å². The van der Waals surface area contributed by atoms with Crippen LogP contribution in [0.5, 0.6) is 0 Å². The molecule has 15 heavy (non-hydrogen) atoms. The summed E-state index contributed by atoms with van der Waals surface area (Å²) in [4.78, 5) is 11.3. The predicted molar refractivity (Wildman–Crippen MR) is 54.7 cm³/mol. The molecule has 0 aliphatic carbocycles. The first-order valence-electron chi connectivity index (χ1n) is 4.92. The first-order chi connectivity index (χ1) is 7.16. The maximum atomic E-state index is 11.3. The number of oxazole rings is 1. The summed E-state index contributed by atoms with van der Waals surface area (Å²) in [7, 11) is 1.70. The van der Waals surface area contributed by atoms with Crippen LogP contribution in [0.2, 0.25) is 0 Å². The highest BCUT2D eigenvalue weighted by molar-refractivity contribution is 5.73. The summed E-state index contributed by atoms with van der Waals surface area (Å²) in [6, 6.07) is 5.72. The van der Waals surface area contributed by atoms with Crippen LogP contribution >= 0.6 is 0 Å². The Hall–Kier alpha value is -1.55. The van der Waals surface area contributed by atoms with Gasteiger partial charge in [0.25, 0.3) is 0 Å². The molecule has 1 saturated heterocycles. The molecule has 4 nitrogen and oxygen atoms in total. The van der Waals surface area contributed by atoms with Crippen molar-refractivity contribution in [2.24, 2.45) is 7.05 Å². The zero-order valence-electron chi connectivity index (χ0n) is 8.56. The number of epoxide rings is 1. The van der Waals surface area contributed by atoms with Crippen molar-refractivity contribution in [1.29, 1.82) is 0 Å². The van der Waals surface area contributed by atoms with Crippen LogP contribution in [-0.4, -0.2) is 10.7 Å². The van der Waals surface area contributed by atoms with Crippen LogP contribution in [0.15, 0.2) is 27.4 Å². The van der Waals surface area contributed by atoms with E-state index in [1.807, 2.05) is 25.1 Å². The Balaban J connectivity index is 2.20. The lowest BCUT2D eigenvalue weighted by molar-refractivity contribution is 0.383. The molecule has 1 fully saturated rings. The number of benzene rings is 1. The van der Waals surface area contributed by atoms with Gasteiger partial charge in [-0.1, -0.05) is 6.07 Å². The van der Waals surface area contributed by atoms with Crippen LogP contribution in [0.3, 0.4) is 0 Å². The lowest BCUT2D eigenvalue weighted by atomic mass is 10.1. The third kappa shape index (κ3) is 1.22. The van der Waals surface area contributed by atoms with Crippen LogP contribution in [-0.2, 0) is 11.8 Å². The van der Waals surface area contributed by atoms with E-state index in [1.165, 1.54) is 4.57 Å². The summed E-state index contributed by atoms with van der Waals surface area (Å²) in [6.45, 7) is 2.03. The molecule has 0 spiro atoms. The first-order valence-corrected chi connectivity index (χ1v) is 4.92. The number of aryl methyl sites for hydroxylation is 1. The van der Waals surface area contributed by atoms with Crippen LogP contribution in [0.25, 0.3) is 11.1 Å². The summed E-state index contributed by atoms with van der Waals surface area (Å²) in [5, 5.41) is 0. The van der Waals surface area contributed by atoms with Gasteiger partial charge in [-0.3, -0.25) is 4.57 Å². The lowest BCUT2D eigenvalue weighted by Crippen LogP contribution is -2.08. The SMILES string of the molecule is CC1OC1c1ccc2oc(=O)n(C)c2c1. The number of aromatic nitrogens is 1. The van der Waals surface area contributed by atoms with Crippen molar-refractivity contribution in [2.45, 2.75) is 19.1 Å². The van der Waals surface area contributed by atoms with E-state index >= 15 is 0 Å². The van der Waals surface area contributed by atoms with E-state index in [9.17, 15) is 4.79 Å². The van der Waals surface area contributed by atoms with Crippen molar-refractivity contribution in [3.63, 3.8) is 0 Å². The monoisotopic (exact) mass is 205 g/mol. The minimum absolute atomic E-state index is 0.180. The summed E-state index contributed by atoms with van der Waals surface area (Å²) < 4.78 is 11.9. The average molecular weight is 205 g/mol. The molecule has 2 heterocycles. The molecule has 3 rings (SSSR count). The number of ether oxygens (including phenoxy) is 1. The molecule has 1 aliphatic heterocycles. The number of rotatable bonds is 1. The van der Waals surface area contributed by atoms with Gasteiger partial charge in [0.2, 0.25) is 0 Å². The van der Waals surface area contributed by atoms with Crippen LogP contribution in [0.1, 0.15) is 18.6 Å². The van der Waals surface area contributed by atoms with Crippen molar-refractivity contribution in [2.75, 3.05) is 0 Å². The standard InChI is InChI=1S/C11H11NO3/c1-6-10(14-6)7-3-4-9-8(5-7)12(2)11(13)15-9/h3-6,10H,1-2H3. The van der Waals surface area contributed by atoms with Gasteiger partial charge in [0, 0.05) is 7.05 Å². The second-order valence-corrected chi connectivity index (χ2v) is 3.92. The number of hydrogen-bond acceptors (Lipinski definition) is 3. The minimum atomic E-state index is -0.327. The molecule has 4 heteroatoms. The molecule has 0 saturated carbocycles. The summed E-state index contributed by atoms with van der Waals surface area (Å²) in [5.74, 6) is -0.327. The second kappa shape index (κ2) is 2.73. The van der Waals surface area contributed by atoms with Crippen molar-refractivity contribution in [3.05, 3.63) is 34.3 Å². The molecule has 1 aromatic carbocycles. The molecule has 0 N–H and O–H groups in total. The van der Waals surface area contributed by atoms with Gasteiger partial charge in [-0.25, -0.2) is 4.79 Å². The Kier molecular flexibility index (Phi) is 1.59. The predicted octanol–water partition coefficient (Wildman–Crippen LogP) is 1.59. The van der Waals surface area contributed by atoms with Gasteiger partial charge >= 0.3 is 5.76 Å². The molecule has 0 amide bonds. The molecule has 2 atom stereocenters. The number of nitrogens with zero attached hydrogens (tertiary/aromatic N) is 1.